The molecule has 0 aliphatic carbocycles. The first-order valence-corrected chi connectivity index (χ1v) is 7.86. The van der Waals surface area contributed by atoms with Crippen molar-refractivity contribution in [1.82, 2.24) is 5.06 Å². The van der Waals surface area contributed by atoms with E-state index in [4.69, 9.17) is 15.0 Å². The van der Waals surface area contributed by atoms with Gasteiger partial charge in [0.2, 0.25) is 0 Å². The Morgan fingerprint density at radius 2 is 1.52 bits per heavy atom. The van der Waals surface area contributed by atoms with Gasteiger partial charge in [-0.1, -0.05) is 0 Å². The van der Waals surface area contributed by atoms with Crippen molar-refractivity contribution in [3.05, 3.63) is 0 Å². The SMILES string of the molecule is O=C(COP(=O)([O-])O)N(O)CCCCOP(=O)([O-])O.[Na+].[Na+]. The molecule has 0 heterocycles. The number of unbranched alkanes of at least 4 members (excludes halogenated alkanes) is 1. The van der Waals surface area contributed by atoms with Gasteiger partial charge in [0.25, 0.3) is 21.6 Å². The van der Waals surface area contributed by atoms with Gasteiger partial charge in [0.05, 0.1) is 6.61 Å². The zero-order chi connectivity index (χ0) is 15.1. The fourth-order valence-corrected chi connectivity index (χ4v) is 1.51. The average molecular weight is 367 g/mol. The number of phosphoric ester groups is 2. The number of rotatable bonds is 9. The number of hydrogen-bond donors (Lipinski definition) is 3. The molecule has 0 bridgehead atoms. The first kappa shape index (κ1) is 27.5. The molecule has 0 aliphatic rings. The van der Waals surface area contributed by atoms with Crippen molar-refractivity contribution in [1.29, 1.82) is 0 Å². The second-order valence-corrected chi connectivity index (χ2v) is 5.66. The minimum atomic E-state index is -5.04. The summed E-state index contributed by atoms with van der Waals surface area (Å²) in [4.78, 5) is 47.8. The van der Waals surface area contributed by atoms with Crippen molar-refractivity contribution in [3.63, 3.8) is 0 Å². The van der Waals surface area contributed by atoms with E-state index in [-0.39, 0.29) is 90.2 Å². The Labute approximate surface area is 165 Å². The summed E-state index contributed by atoms with van der Waals surface area (Å²) in [7, 11) is -9.82. The van der Waals surface area contributed by atoms with Crippen LogP contribution in [0.15, 0.2) is 0 Å². The molecule has 0 saturated heterocycles. The van der Waals surface area contributed by atoms with Crippen LogP contribution in [0.5, 0.6) is 0 Å². The van der Waals surface area contributed by atoms with E-state index < -0.39 is 28.2 Å². The Balaban J connectivity index is -0.00000162. The van der Waals surface area contributed by atoms with Crippen molar-refractivity contribution >= 4 is 21.6 Å². The number of phosphoric acid groups is 2. The molecule has 0 rings (SSSR count). The molecule has 0 saturated carbocycles. The van der Waals surface area contributed by atoms with Crippen LogP contribution in [0.4, 0.5) is 0 Å². The van der Waals surface area contributed by atoms with Crippen LogP contribution in [-0.4, -0.2) is 45.7 Å². The third-order valence-corrected chi connectivity index (χ3v) is 2.62. The molecule has 0 spiro atoms. The molecule has 0 aliphatic heterocycles. The van der Waals surface area contributed by atoms with Crippen LogP contribution in [0.3, 0.4) is 0 Å². The maximum Gasteiger partial charge on any atom is 1.00 e. The standard InChI is InChI=1S/C6H15NO10P2.2Na/c8-6(5-17-19(13,14)15)7(9)3-1-2-4-16-18(10,11)12;;/h9H,1-5H2,(H2,10,11,12)(H2,13,14,15);;/q;2*+1/p-2. The van der Waals surface area contributed by atoms with Crippen LogP contribution in [0.25, 0.3) is 0 Å². The second-order valence-electron chi connectivity index (χ2n) is 3.27. The van der Waals surface area contributed by atoms with E-state index in [0.717, 1.165) is 0 Å². The van der Waals surface area contributed by atoms with Gasteiger partial charge in [-0.15, -0.1) is 0 Å². The number of carbonyl (C=O) groups excluding carboxylic acids is 1. The van der Waals surface area contributed by atoms with E-state index in [9.17, 15) is 23.7 Å². The van der Waals surface area contributed by atoms with E-state index >= 15 is 0 Å². The summed E-state index contributed by atoms with van der Waals surface area (Å²) in [5.41, 5.74) is 0. The summed E-state index contributed by atoms with van der Waals surface area (Å²) in [6, 6.07) is 0. The van der Waals surface area contributed by atoms with Gasteiger partial charge in [-0.05, 0) is 12.8 Å². The Morgan fingerprint density at radius 3 is 1.95 bits per heavy atom. The molecule has 11 nitrogen and oxygen atoms in total. The molecule has 15 heteroatoms. The van der Waals surface area contributed by atoms with Crippen LogP contribution in [-0.2, 0) is 23.0 Å². The molecule has 2 atom stereocenters. The molecule has 3 N–H and O–H groups in total. The van der Waals surface area contributed by atoms with E-state index in [1.165, 1.54) is 0 Å². The number of hydrogen-bond acceptors (Lipinski definition) is 8. The van der Waals surface area contributed by atoms with E-state index in [2.05, 4.69) is 9.05 Å². The molecular formula is C6H13NNa2O10P2. The normalized spacial score (nSPS) is 15.9. The predicted octanol–water partition coefficient (Wildman–Crippen LogP) is -8.05. The smallest absolute Gasteiger partial charge is 0.756 e. The third-order valence-electron chi connectivity index (χ3n) is 1.66. The molecule has 2 unspecified atom stereocenters. The van der Waals surface area contributed by atoms with E-state index in [0.29, 0.717) is 0 Å². The number of hydroxylamine groups is 2. The predicted molar refractivity (Wildman–Crippen MR) is 54.3 cm³/mol. The van der Waals surface area contributed by atoms with Gasteiger partial charge >= 0.3 is 59.1 Å². The Bertz CT molecular complexity index is 384. The molecule has 0 radical (unpaired) electrons. The number of amides is 1. The number of carbonyl (C=O) groups is 1. The van der Waals surface area contributed by atoms with Gasteiger partial charge in [0, 0.05) is 6.54 Å². The van der Waals surface area contributed by atoms with Crippen LogP contribution in [0.2, 0.25) is 0 Å². The summed E-state index contributed by atoms with van der Waals surface area (Å²) in [6.45, 7) is -1.63. The van der Waals surface area contributed by atoms with Crippen LogP contribution < -0.4 is 68.9 Å². The fourth-order valence-electron chi connectivity index (χ4n) is 0.880. The van der Waals surface area contributed by atoms with Crippen LogP contribution >= 0.6 is 15.6 Å². The maximum atomic E-state index is 11.0. The molecule has 0 fully saturated rings. The summed E-state index contributed by atoms with van der Waals surface area (Å²) >= 11 is 0. The van der Waals surface area contributed by atoms with Crippen molar-refractivity contribution in [3.8, 4) is 0 Å². The summed E-state index contributed by atoms with van der Waals surface area (Å²) < 4.78 is 28.1. The minimum Gasteiger partial charge on any atom is -0.756 e. The molecule has 0 aromatic carbocycles. The van der Waals surface area contributed by atoms with Gasteiger partial charge in [-0.25, -0.2) is 5.06 Å². The Hall–Kier alpha value is 1.65. The molecule has 1 amide bonds. The summed E-state index contributed by atoms with van der Waals surface area (Å²) in [5.74, 6) is -1.11. The Kier molecular flexibility index (Phi) is 17.0. The molecular weight excluding hydrogens is 354 g/mol. The van der Waals surface area contributed by atoms with Gasteiger partial charge in [-0.2, -0.15) is 0 Å². The largest absolute Gasteiger partial charge is 1.00 e. The molecule has 0 aromatic heterocycles. The Morgan fingerprint density at radius 1 is 1.05 bits per heavy atom. The number of nitrogens with zero attached hydrogens (tertiary/aromatic N) is 1. The first-order valence-electron chi connectivity index (χ1n) is 4.87. The van der Waals surface area contributed by atoms with Gasteiger partial charge in [0.1, 0.15) is 6.61 Å². The monoisotopic (exact) mass is 367 g/mol. The van der Waals surface area contributed by atoms with E-state index in [1.54, 1.807) is 0 Å². The average Bonchev–Trinajstić information content (AvgIpc) is 2.22. The topological polar surface area (TPSA) is 180 Å². The quantitative estimate of drug-likeness (QED) is 0.116. The first-order chi connectivity index (χ1) is 8.51. The van der Waals surface area contributed by atoms with Crippen molar-refractivity contribution in [2.24, 2.45) is 0 Å². The van der Waals surface area contributed by atoms with Crippen molar-refractivity contribution in [2.75, 3.05) is 19.8 Å². The van der Waals surface area contributed by atoms with Gasteiger partial charge in [-0.3, -0.25) is 19.1 Å². The van der Waals surface area contributed by atoms with Crippen molar-refractivity contribution in [2.45, 2.75) is 12.8 Å². The molecule has 114 valence electrons. The fraction of sp³-hybridized carbons (Fsp3) is 0.833. The minimum absolute atomic E-state index is 0. The summed E-state index contributed by atoms with van der Waals surface area (Å²) in [5, 5.41) is 9.24. The maximum absolute atomic E-state index is 11.0. The second kappa shape index (κ2) is 13.0. The van der Waals surface area contributed by atoms with E-state index in [1.807, 2.05) is 0 Å². The zero-order valence-electron chi connectivity index (χ0n) is 11.6. The van der Waals surface area contributed by atoms with Crippen LogP contribution in [0.1, 0.15) is 12.8 Å². The van der Waals surface area contributed by atoms with Gasteiger partial charge < -0.3 is 28.6 Å². The van der Waals surface area contributed by atoms with Crippen LogP contribution in [0, 0.1) is 0 Å². The third kappa shape index (κ3) is 19.6. The zero-order valence-corrected chi connectivity index (χ0v) is 17.4. The molecule has 0 aromatic rings. The molecule has 21 heavy (non-hydrogen) atoms. The summed E-state index contributed by atoms with van der Waals surface area (Å²) in [6.07, 6.45) is 0.231. The van der Waals surface area contributed by atoms with Gasteiger partial charge in [0.15, 0.2) is 0 Å². The van der Waals surface area contributed by atoms with Crippen molar-refractivity contribution < 1.29 is 107 Å².